The number of nitrogens with zero attached hydrogens (tertiary/aromatic N) is 1. The van der Waals surface area contributed by atoms with Crippen molar-refractivity contribution in [2.75, 3.05) is 0 Å². The molecule has 2 rings (SSSR count). The minimum absolute atomic E-state index is 0.0331. The zero-order valence-electron chi connectivity index (χ0n) is 9.51. The highest BCUT2D eigenvalue weighted by molar-refractivity contribution is 5.85. The minimum atomic E-state index is -1.16. The Balaban J connectivity index is 2.02. The Morgan fingerprint density at radius 1 is 1.50 bits per heavy atom. The molecule has 6 heteroatoms. The van der Waals surface area contributed by atoms with Crippen molar-refractivity contribution in [3.05, 3.63) is 47.1 Å². The number of aromatic carboxylic acids is 1. The fraction of sp³-hybridized carbons (Fsp3) is 0.167. The van der Waals surface area contributed by atoms with Gasteiger partial charge in [-0.05, 0) is 30.7 Å². The molecule has 18 heavy (non-hydrogen) atoms. The first kappa shape index (κ1) is 12.1. The third-order valence-corrected chi connectivity index (χ3v) is 2.29. The third kappa shape index (κ3) is 2.65. The molecule has 0 aliphatic rings. The Morgan fingerprint density at radius 3 is 2.89 bits per heavy atom. The van der Waals surface area contributed by atoms with Gasteiger partial charge in [-0.1, -0.05) is 5.16 Å². The quantitative estimate of drug-likeness (QED) is 0.903. The third-order valence-electron chi connectivity index (χ3n) is 2.29. The second-order valence-electron chi connectivity index (χ2n) is 3.68. The molecule has 1 aromatic heterocycles. The summed E-state index contributed by atoms with van der Waals surface area (Å²) in [6, 6.07) is 5.60. The summed E-state index contributed by atoms with van der Waals surface area (Å²) in [5, 5.41) is 12.0. The average molecular weight is 251 g/mol. The number of rotatable bonds is 4. The fourth-order valence-corrected chi connectivity index (χ4v) is 1.34. The van der Waals surface area contributed by atoms with E-state index >= 15 is 0 Å². The van der Waals surface area contributed by atoms with E-state index in [0.717, 1.165) is 0 Å². The normalized spacial score (nSPS) is 10.3. The minimum Gasteiger partial charge on any atom is -0.486 e. The van der Waals surface area contributed by atoms with Crippen LogP contribution in [0.2, 0.25) is 0 Å². The lowest BCUT2D eigenvalue weighted by atomic mass is 10.2. The highest BCUT2D eigenvalue weighted by atomic mass is 19.1. The summed E-state index contributed by atoms with van der Waals surface area (Å²) in [6.07, 6.45) is 0. The Morgan fingerprint density at radius 2 is 2.28 bits per heavy atom. The number of carboxylic acid groups (broad SMARTS) is 1. The molecule has 94 valence electrons. The number of hydrogen-bond donors (Lipinski definition) is 1. The van der Waals surface area contributed by atoms with Crippen LogP contribution in [0.25, 0.3) is 0 Å². The molecule has 1 aromatic carbocycles. The molecule has 0 unspecified atom stereocenters. The van der Waals surface area contributed by atoms with E-state index in [4.69, 9.17) is 14.4 Å². The number of ether oxygens (including phenoxy) is 1. The Kier molecular flexibility index (Phi) is 3.27. The van der Waals surface area contributed by atoms with Crippen molar-refractivity contribution in [2.24, 2.45) is 0 Å². The number of aryl methyl sites for hydroxylation is 1. The van der Waals surface area contributed by atoms with Crippen LogP contribution >= 0.6 is 0 Å². The molecule has 0 radical (unpaired) electrons. The maximum absolute atomic E-state index is 13.0. The van der Waals surface area contributed by atoms with Crippen LogP contribution < -0.4 is 4.74 Å². The monoisotopic (exact) mass is 251 g/mol. The fourth-order valence-electron chi connectivity index (χ4n) is 1.34. The van der Waals surface area contributed by atoms with Crippen molar-refractivity contribution in [3.8, 4) is 5.75 Å². The van der Waals surface area contributed by atoms with Gasteiger partial charge in [0.15, 0.2) is 11.5 Å². The van der Waals surface area contributed by atoms with Crippen LogP contribution in [0.15, 0.2) is 28.8 Å². The summed E-state index contributed by atoms with van der Waals surface area (Å²) >= 11 is 0. The molecule has 0 saturated heterocycles. The Labute approximate surface area is 102 Å². The van der Waals surface area contributed by atoms with Gasteiger partial charge in [0.25, 0.3) is 0 Å². The van der Waals surface area contributed by atoms with Gasteiger partial charge in [-0.2, -0.15) is 0 Å². The number of halogens is 1. The van der Waals surface area contributed by atoms with Crippen LogP contribution in [0.5, 0.6) is 5.75 Å². The van der Waals surface area contributed by atoms with Crippen LogP contribution in [0.1, 0.15) is 21.8 Å². The molecule has 2 aromatic rings. The molecule has 0 aliphatic carbocycles. The Hall–Kier alpha value is -2.37. The largest absolute Gasteiger partial charge is 0.486 e. The van der Waals surface area contributed by atoms with Crippen molar-refractivity contribution in [1.29, 1.82) is 0 Å². The highest BCUT2D eigenvalue weighted by Gasteiger charge is 2.11. The van der Waals surface area contributed by atoms with Gasteiger partial charge in [0, 0.05) is 6.07 Å². The zero-order valence-corrected chi connectivity index (χ0v) is 9.51. The van der Waals surface area contributed by atoms with Gasteiger partial charge >= 0.3 is 5.97 Å². The number of carbonyl (C=O) groups is 1. The van der Waals surface area contributed by atoms with Crippen LogP contribution in [-0.4, -0.2) is 16.2 Å². The van der Waals surface area contributed by atoms with Gasteiger partial charge in [-0.3, -0.25) is 0 Å². The van der Waals surface area contributed by atoms with Gasteiger partial charge in [0.05, 0.1) is 0 Å². The van der Waals surface area contributed by atoms with E-state index in [-0.39, 0.29) is 23.9 Å². The van der Waals surface area contributed by atoms with E-state index in [2.05, 4.69) is 5.16 Å². The maximum atomic E-state index is 13.0. The molecule has 1 heterocycles. The number of carboxylic acids is 1. The summed E-state index contributed by atoms with van der Waals surface area (Å²) < 4.78 is 23.1. The standard InChI is InChI=1S/C12H10FNO4/c1-7-4-8(2-3-10(7)13)17-6-9-5-11(12(15)16)14-18-9/h2-5H,6H2,1H3,(H,15,16). The SMILES string of the molecule is Cc1cc(OCc2cc(C(=O)O)no2)ccc1F. The van der Waals surface area contributed by atoms with Crippen LogP contribution in [-0.2, 0) is 6.61 Å². The highest BCUT2D eigenvalue weighted by Crippen LogP contribution is 2.17. The lowest BCUT2D eigenvalue weighted by Crippen LogP contribution is -1.96. The molecule has 0 atom stereocenters. The van der Waals surface area contributed by atoms with E-state index in [9.17, 15) is 9.18 Å². The number of benzene rings is 1. The molecule has 0 fully saturated rings. The molecule has 0 saturated carbocycles. The lowest BCUT2D eigenvalue weighted by molar-refractivity contribution is 0.0685. The molecular weight excluding hydrogens is 241 g/mol. The van der Waals surface area contributed by atoms with Gasteiger partial charge in [-0.15, -0.1) is 0 Å². The first-order chi connectivity index (χ1) is 8.56. The second-order valence-corrected chi connectivity index (χ2v) is 3.68. The smallest absolute Gasteiger partial charge is 0.358 e. The van der Waals surface area contributed by atoms with Crippen LogP contribution in [0.4, 0.5) is 4.39 Å². The lowest BCUT2D eigenvalue weighted by Gasteiger charge is -2.04. The van der Waals surface area contributed by atoms with Gasteiger partial charge < -0.3 is 14.4 Å². The van der Waals surface area contributed by atoms with Crippen molar-refractivity contribution >= 4 is 5.97 Å². The summed E-state index contributed by atoms with van der Waals surface area (Å²) in [6.45, 7) is 1.66. The first-order valence-electron chi connectivity index (χ1n) is 5.14. The number of hydrogen-bond acceptors (Lipinski definition) is 4. The average Bonchev–Trinajstić information content (AvgIpc) is 2.79. The molecule has 0 amide bonds. The molecular formula is C12H10FNO4. The van der Waals surface area contributed by atoms with Crippen LogP contribution in [0.3, 0.4) is 0 Å². The zero-order chi connectivity index (χ0) is 13.1. The van der Waals surface area contributed by atoms with E-state index < -0.39 is 5.97 Å². The summed E-state index contributed by atoms with van der Waals surface area (Å²) in [4.78, 5) is 10.6. The van der Waals surface area contributed by atoms with E-state index in [0.29, 0.717) is 11.3 Å². The van der Waals surface area contributed by atoms with Crippen molar-refractivity contribution in [1.82, 2.24) is 5.16 Å². The van der Waals surface area contributed by atoms with E-state index in [1.807, 2.05) is 0 Å². The molecule has 0 bridgehead atoms. The summed E-state index contributed by atoms with van der Waals surface area (Å²) in [5.41, 5.74) is 0.292. The van der Waals surface area contributed by atoms with Crippen molar-refractivity contribution in [3.63, 3.8) is 0 Å². The molecule has 0 aliphatic heterocycles. The molecule has 1 N–H and O–H groups in total. The van der Waals surface area contributed by atoms with Gasteiger partial charge in [-0.25, -0.2) is 9.18 Å². The molecule has 0 spiro atoms. The predicted octanol–water partition coefficient (Wildman–Crippen LogP) is 2.40. The van der Waals surface area contributed by atoms with Gasteiger partial charge in [0.2, 0.25) is 0 Å². The van der Waals surface area contributed by atoms with E-state index in [1.165, 1.54) is 18.2 Å². The second kappa shape index (κ2) is 4.87. The van der Waals surface area contributed by atoms with Crippen molar-refractivity contribution < 1.29 is 23.6 Å². The van der Waals surface area contributed by atoms with Gasteiger partial charge in [0.1, 0.15) is 18.2 Å². The number of aromatic nitrogens is 1. The molecule has 5 nitrogen and oxygen atoms in total. The van der Waals surface area contributed by atoms with Crippen molar-refractivity contribution in [2.45, 2.75) is 13.5 Å². The maximum Gasteiger partial charge on any atom is 0.358 e. The predicted molar refractivity (Wildman–Crippen MR) is 58.9 cm³/mol. The Bertz CT molecular complexity index is 579. The van der Waals surface area contributed by atoms with E-state index in [1.54, 1.807) is 13.0 Å². The topological polar surface area (TPSA) is 72.6 Å². The summed E-state index contributed by atoms with van der Waals surface area (Å²) in [5.74, 6) is -0.714. The summed E-state index contributed by atoms with van der Waals surface area (Å²) in [7, 11) is 0. The first-order valence-corrected chi connectivity index (χ1v) is 5.14. The van der Waals surface area contributed by atoms with Crippen LogP contribution in [0, 0.1) is 12.7 Å².